The zero-order valence-corrected chi connectivity index (χ0v) is 15.7. The second-order valence-corrected chi connectivity index (χ2v) is 6.71. The van der Waals surface area contributed by atoms with E-state index in [1.54, 1.807) is 7.11 Å². The number of hydrogen-bond donors (Lipinski definition) is 0. The number of carbonyl (C=O) groups excluding carboxylic acids is 1. The molecule has 3 rings (SSSR count). The third-order valence-electron chi connectivity index (χ3n) is 4.24. The summed E-state index contributed by atoms with van der Waals surface area (Å²) in [6.45, 7) is 5.67. The number of methoxy groups -OCH3 is 1. The van der Waals surface area contributed by atoms with E-state index in [-0.39, 0.29) is 5.91 Å². The van der Waals surface area contributed by atoms with Gasteiger partial charge < -0.3 is 9.64 Å². The maximum Gasteiger partial charge on any atom is 0.271 e. The molecule has 2 heterocycles. The summed E-state index contributed by atoms with van der Waals surface area (Å²) in [7, 11) is 1.65. The van der Waals surface area contributed by atoms with Crippen LogP contribution in [-0.4, -0.2) is 40.4 Å². The number of benzene rings is 1. The fourth-order valence-corrected chi connectivity index (χ4v) is 3.62. The molecule has 0 radical (unpaired) electrons. The van der Waals surface area contributed by atoms with Gasteiger partial charge >= 0.3 is 0 Å². The van der Waals surface area contributed by atoms with Crippen LogP contribution in [0.5, 0.6) is 5.75 Å². The Balaban J connectivity index is 1.93. The predicted molar refractivity (Wildman–Crippen MR) is 102 cm³/mol. The minimum atomic E-state index is 0.0665. The minimum Gasteiger partial charge on any atom is -0.497 e. The number of thiazole rings is 1. The van der Waals surface area contributed by atoms with Gasteiger partial charge in [0.2, 0.25) is 0 Å². The first-order chi connectivity index (χ1) is 12.2. The number of fused-ring (bicyclic) bond motifs is 1. The van der Waals surface area contributed by atoms with Gasteiger partial charge in [0, 0.05) is 30.2 Å². The lowest BCUT2D eigenvalue weighted by molar-refractivity contribution is 0.0755. The molecule has 5 nitrogen and oxygen atoms in total. The highest BCUT2D eigenvalue weighted by atomic mass is 32.1. The average molecular weight is 357 g/mol. The number of nitrogens with zero attached hydrogens (tertiary/aromatic N) is 3. The van der Waals surface area contributed by atoms with Crippen molar-refractivity contribution in [2.75, 3.05) is 20.2 Å². The highest BCUT2D eigenvalue weighted by Crippen LogP contribution is 2.26. The van der Waals surface area contributed by atoms with Crippen LogP contribution in [-0.2, 0) is 0 Å². The molecule has 0 atom stereocenters. The molecule has 0 aliphatic carbocycles. The largest absolute Gasteiger partial charge is 0.497 e. The number of amides is 1. The van der Waals surface area contributed by atoms with Crippen molar-refractivity contribution < 1.29 is 9.53 Å². The predicted octanol–water partition coefficient (Wildman–Crippen LogP) is 4.33. The van der Waals surface area contributed by atoms with Gasteiger partial charge in [0.05, 0.1) is 12.8 Å². The number of imidazole rings is 1. The minimum absolute atomic E-state index is 0.0665. The first kappa shape index (κ1) is 17.5. The molecule has 132 valence electrons. The zero-order chi connectivity index (χ0) is 17.8. The number of unbranched alkanes of at least 4 members (excludes halogenated alkanes) is 1. The fraction of sp³-hybridized carbons (Fsp3) is 0.368. The smallest absolute Gasteiger partial charge is 0.271 e. The Bertz CT molecular complexity index is 869. The monoisotopic (exact) mass is 357 g/mol. The number of carbonyl (C=O) groups is 1. The maximum atomic E-state index is 12.9. The molecule has 0 N–H and O–H groups in total. The molecule has 0 bridgehead atoms. The molecule has 0 saturated heterocycles. The van der Waals surface area contributed by atoms with Crippen molar-refractivity contribution in [2.24, 2.45) is 0 Å². The van der Waals surface area contributed by atoms with E-state index in [1.807, 2.05) is 52.1 Å². The quantitative estimate of drug-likeness (QED) is 0.632. The standard InChI is InChI=1S/C19H23N3O2S/c1-4-6-10-21(5-2)18(23)17-13-25-19-20-16(12-22(17)19)14-8-7-9-15(11-14)24-3/h7-9,11-13H,4-6,10H2,1-3H3. The third-order valence-corrected chi connectivity index (χ3v) is 5.08. The molecule has 1 aromatic carbocycles. The van der Waals surface area contributed by atoms with E-state index < -0.39 is 0 Å². The summed E-state index contributed by atoms with van der Waals surface area (Å²) in [5, 5.41) is 1.90. The second kappa shape index (κ2) is 7.70. The molecular weight excluding hydrogens is 334 g/mol. The van der Waals surface area contributed by atoms with Crippen LogP contribution in [0.15, 0.2) is 35.8 Å². The van der Waals surface area contributed by atoms with Crippen molar-refractivity contribution >= 4 is 22.2 Å². The SMILES string of the molecule is CCCCN(CC)C(=O)c1csc2nc(-c3cccc(OC)c3)cn12. The number of rotatable bonds is 7. The number of hydrogen-bond acceptors (Lipinski definition) is 4. The molecule has 0 spiro atoms. The van der Waals surface area contributed by atoms with Crippen LogP contribution in [0.25, 0.3) is 16.2 Å². The van der Waals surface area contributed by atoms with E-state index in [9.17, 15) is 4.79 Å². The van der Waals surface area contributed by atoms with Gasteiger partial charge in [-0.05, 0) is 25.5 Å². The second-order valence-electron chi connectivity index (χ2n) is 5.87. The van der Waals surface area contributed by atoms with Gasteiger partial charge in [-0.2, -0.15) is 0 Å². The van der Waals surface area contributed by atoms with Crippen LogP contribution in [0.2, 0.25) is 0 Å². The van der Waals surface area contributed by atoms with E-state index in [4.69, 9.17) is 4.74 Å². The van der Waals surface area contributed by atoms with Crippen molar-refractivity contribution in [3.05, 3.63) is 41.5 Å². The van der Waals surface area contributed by atoms with Crippen LogP contribution in [0.4, 0.5) is 0 Å². The summed E-state index contributed by atoms with van der Waals surface area (Å²) in [4.78, 5) is 20.3. The Labute approximate surface area is 151 Å². The molecule has 0 aliphatic rings. The van der Waals surface area contributed by atoms with Gasteiger partial charge in [-0.25, -0.2) is 4.98 Å². The molecule has 0 aliphatic heterocycles. The molecule has 25 heavy (non-hydrogen) atoms. The van der Waals surface area contributed by atoms with Gasteiger partial charge in [0.1, 0.15) is 11.4 Å². The van der Waals surface area contributed by atoms with E-state index in [2.05, 4.69) is 11.9 Å². The van der Waals surface area contributed by atoms with Crippen molar-refractivity contribution in [1.29, 1.82) is 0 Å². The highest BCUT2D eigenvalue weighted by Gasteiger charge is 2.19. The van der Waals surface area contributed by atoms with Gasteiger partial charge in [0.25, 0.3) is 5.91 Å². The molecule has 3 aromatic rings. The van der Waals surface area contributed by atoms with E-state index in [1.165, 1.54) is 11.3 Å². The van der Waals surface area contributed by atoms with Crippen molar-refractivity contribution in [3.8, 4) is 17.0 Å². The van der Waals surface area contributed by atoms with Crippen LogP contribution in [0, 0.1) is 0 Å². The Hall–Kier alpha value is -2.34. The van der Waals surface area contributed by atoms with Crippen LogP contribution in [0.1, 0.15) is 37.2 Å². The van der Waals surface area contributed by atoms with Gasteiger partial charge in [0.15, 0.2) is 4.96 Å². The summed E-state index contributed by atoms with van der Waals surface area (Å²) in [5.41, 5.74) is 2.50. The van der Waals surface area contributed by atoms with Crippen molar-refractivity contribution in [2.45, 2.75) is 26.7 Å². The van der Waals surface area contributed by atoms with Crippen LogP contribution >= 0.6 is 11.3 Å². The first-order valence-electron chi connectivity index (χ1n) is 8.58. The van der Waals surface area contributed by atoms with Gasteiger partial charge in [-0.15, -0.1) is 11.3 Å². The molecule has 1 amide bonds. The summed E-state index contributed by atoms with van der Waals surface area (Å²) in [6.07, 6.45) is 4.03. The zero-order valence-electron chi connectivity index (χ0n) is 14.9. The Morgan fingerprint density at radius 2 is 2.20 bits per heavy atom. The molecule has 0 saturated carbocycles. The number of aromatic nitrogens is 2. The number of ether oxygens (including phenoxy) is 1. The molecule has 2 aromatic heterocycles. The first-order valence-corrected chi connectivity index (χ1v) is 9.46. The van der Waals surface area contributed by atoms with Crippen LogP contribution < -0.4 is 4.74 Å². The molecule has 0 unspecified atom stereocenters. The molecular formula is C19H23N3O2S. The third kappa shape index (κ3) is 3.54. The Morgan fingerprint density at radius 3 is 2.92 bits per heavy atom. The maximum absolute atomic E-state index is 12.9. The molecule has 0 fully saturated rings. The van der Waals surface area contributed by atoms with Crippen molar-refractivity contribution in [3.63, 3.8) is 0 Å². The average Bonchev–Trinajstić information content (AvgIpc) is 3.22. The Kier molecular flexibility index (Phi) is 5.38. The van der Waals surface area contributed by atoms with E-state index >= 15 is 0 Å². The lowest BCUT2D eigenvalue weighted by Gasteiger charge is -2.19. The fourth-order valence-electron chi connectivity index (χ4n) is 2.77. The summed E-state index contributed by atoms with van der Waals surface area (Å²) < 4.78 is 7.18. The molecule has 6 heteroatoms. The summed E-state index contributed by atoms with van der Waals surface area (Å²) in [6, 6.07) is 7.80. The van der Waals surface area contributed by atoms with Gasteiger partial charge in [-0.3, -0.25) is 9.20 Å². The summed E-state index contributed by atoms with van der Waals surface area (Å²) >= 11 is 1.49. The Morgan fingerprint density at radius 1 is 1.36 bits per heavy atom. The van der Waals surface area contributed by atoms with Crippen molar-refractivity contribution in [1.82, 2.24) is 14.3 Å². The summed E-state index contributed by atoms with van der Waals surface area (Å²) in [5.74, 6) is 0.860. The normalized spacial score (nSPS) is 11.0. The van der Waals surface area contributed by atoms with E-state index in [0.29, 0.717) is 12.2 Å². The van der Waals surface area contributed by atoms with Gasteiger partial charge in [-0.1, -0.05) is 25.5 Å². The lowest BCUT2D eigenvalue weighted by Crippen LogP contribution is -2.32. The lowest BCUT2D eigenvalue weighted by atomic mass is 10.1. The van der Waals surface area contributed by atoms with E-state index in [0.717, 1.165) is 41.4 Å². The topological polar surface area (TPSA) is 46.8 Å². The van der Waals surface area contributed by atoms with Crippen LogP contribution in [0.3, 0.4) is 0 Å². The highest BCUT2D eigenvalue weighted by molar-refractivity contribution is 7.15.